The Labute approximate surface area is 154 Å². The largest absolute Gasteiger partial charge is 0.312 e. The van der Waals surface area contributed by atoms with Crippen LogP contribution < -0.4 is 4.90 Å². The van der Waals surface area contributed by atoms with Crippen molar-refractivity contribution in [2.75, 3.05) is 4.90 Å². The second-order valence-corrected chi connectivity index (χ2v) is 6.97. The van der Waals surface area contributed by atoms with E-state index < -0.39 is 5.54 Å². The first-order valence-electron chi connectivity index (χ1n) is 8.65. The molecule has 0 unspecified atom stereocenters. The van der Waals surface area contributed by atoms with Gasteiger partial charge in [-0.15, -0.1) is 10.2 Å². The number of anilines is 1. The minimum atomic E-state index is -0.657. The first-order chi connectivity index (χ1) is 12.3. The molecule has 1 aromatic heterocycles. The lowest BCUT2D eigenvalue weighted by Crippen LogP contribution is -2.46. The normalized spacial score (nSPS) is 11.4. The second-order valence-electron chi connectivity index (χ2n) is 6.97. The fourth-order valence-corrected chi connectivity index (χ4v) is 3.50. The van der Waals surface area contributed by atoms with Crippen molar-refractivity contribution in [1.82, 2.24) is 14.8 Å². The van der Waals surface area contributed by atoms with E-state index in [1.165, 1.54) is 0 Å². The number of carbonyl (C=O) groups excluding carboxylic acids is 1. The van der Waals surface area contributed by atoms with Crippen LogP contribution in [-0.4, -0.2) is 20.7 Å². The van der Waals surface area contributed by atoms with E-state index in [1.54, 1.807) is 11.8 Å². The van der Waals surface area contributed by atoms with E-state index in [9.17, 15) is 4.79 Å². The van der Waals surface area contributed by atoms with Crippen LogP contribution in [0.5, 0.6) is 0 Å². The monoisotopic (exact) mass is 348 g/mol. The highest BCUT2D eigenvalue weighted by molar-refractivity contribution is 5.93. The number of benzene rings is 2. The molecule has 0 bridgehead atoms. The fraction of sp³-hybridized carbons (Fsp3) is 0.286. The van der Waals surface area contributed by atoms with Gasteiger partial charge in [-0.25, -0.2) is 0 Å². The zero-order valence-corrected chi connectivity index (χ0v) is 15.9. The van der Waals surface area contributed by atoms with Crippen molar-refractivity contribution in [2.45, 2.75) is 33.2 Å². The summed E-state index contributed by atoms with van der Waals surface area (Å²) in [4.78, 5) is 14.2. The number of hydrogen-bond acceptors (Lipinski definition) is 3. The molecule has 2 aromatic carbocycles. The maximum atomic E-state index is 12.5. The van der Waals surface area contributed by atoms with Gasteiger partial charge in [0.05, 0.1) is 0 Å². The maximum absolute atomic E-state index is 12.5. The SMILES string of the molecule is CC(=O)N(c1ccccc1)C(C)(C)c1nnc(-c2ccccc2C)n1C. The molecule has 1 heterocycles. The second kappa shape index (κ2) is 6.75. The predicted molar refractivity (Wildman–Crippen MR) is 104 cm³/mol. The average molecular weight is 348 g/mol. The summed E-state index contributed by atoms with van der Waals surface area (Å²) in [5.74, 6) is 1.49. The first kappa shape index (κ1) is 17.9. The smallest absolute Gasteiger partial charge is 0.224 e. The summed E-state index contributed by atoms with van der Waals surface area (Å²) in [5, 5.41) is 8.88. The van der Waals surface area contributed by atoms with Crippen LogP contribution in [0.4, 0.5) is 5.69 Å². The van der Waals surface area contributed by atoms with Crippen molar-refractivity contribution in [2.24, 2.45) is 7.05 Å². The first-order valence-corrected chi connectivity index (χ1v) is 8.65. The van der Waals surface area contributed by atoms with Gasteiger partial charge in [0.15, 0.2) is 11.6 Å². The Morgan fingerprint density at radius 3 is 2.23 bits per heavy atom. The van der Waals surface area contributed by atoms with Crippen LogP contribution in [0.25, 0.3) is 11.4 Å². The molecule has 0 aliphatic heterocycles. The number of hydrogen-bond donors (Lipinski definition) is 0. The molecule has 26 heavy (non-hydrogen) atoms. The Bertz CT molecular complexity index is 928. The molecule has 0 saturated carbocycles. The summed E-state index contributed by atoms with van der Waals surface area (Å²) in [6, 6.07) is 17.8. The van der Waals surface area contributed by atoms with E-state index >= 15 is 0 Å². The number of aryl methyl sites for hydroxylation is 1. The topological polar surface area (TPSA) is 51.0 Å². The third kappa shape index (κ3) is 3.01. The molecular formula is C21H24N4O. The molecule has 0 aliphatic carbocycles. The van der Waals surface area contributed by atoms with Crippen molar-refractivity contribution in [3.05, 3.63) is 66.0 Å². The third-order valence-electron chi connectivity index (χ3n) is 4.70. The van der Waals surface area contributed by atoms with Crippen LogP contribution in [0.2, 0.25) is 0 Å². The van der Waals surface area contributed by atoms with Crippen LogP contribution in [0.3, 0.4) is 0 Å². The van der Waals surface area contributed by atoms with Crippen molar-refractivity contribution in [3.8, 4) is 11.4 Å². The molecule has 3 rings (SSSR count). The van der Waals surface area contributed by atoms with Crippen LogP contribution in [0, 0.1) is 6.92 Å². The number of para-hydroxylation sites is 1. The number of carbonyl (C=O) groups is 1. The Hall–Kier alpha value is -2.95. The van der Waals surface area contributed by atoms with Crippen LogP contribution in [0.1, 0.15) is 32.2 Å². The van der Waals surface area contributed by atoms with Gasteiger partial charge in [-0.05, 0) is 38.5 Å². The van der Waals surface area contributed by atoms with E-state index in [0.29, 0.717) is 0 Å². The van der Waals surface area contributed by atoms with E-state index in [4.69, 9.17) is 0 Å². The quantitative estimate of drug-likeness (QED) is 0.714. The van der Waals surface area contributed by atoms with Gasteiger partial charge in [0, 0.05) is 25.2 Å². The number of rotatable bonds is 4. The molecule has 0 atom stereocenters. The predicted octanol–water partition coefficient (Wildman–Crippen LogP) is 4.08. The molecule has 0 N–H and O–H groups in total. The highest BCUT2D eigenvalue weighted by atomic mass is 16.2. The lowest BCUT2D eigenvalue weighted by molar-refractivity contribution is -0.117. The van der Waals surface area contributed by atoms with Gasteiger partial charge < -0.3 is 4.57 Å². The van der Waals surface area contributed by atoms with E-state index in [1.807, 2.05) is 74.0 Å². The summed E-state index contributed by atoms with van der Waals surface area (Å²) >= 11 is 0. The van der Waals surface area contributed by atoms with Gasteiger partial charge >= 0.3 is 0 Å². The van der Waals surface area contributed by atoms with Crippen LogP contribution in [-0.2, 0) is 17.4 Å². The zero-order valence-electron chi connectivity index (χ0n) is 15.9. The van der Waals surface area contributed by atoms with E-state index in [-0.39, 0.29) is 5.91 Å². The average Bonchev–Trinajstić information content (AvgIpc) is 2.98. The molecule has 1 amide bonds. The molecule has 3 aromatic rings. The summed E-state index contributed by atoms with van der Waals surface area (Å²) < 4.78 is 1.97. The molecular weight excluding hydrogens is 324 g/mol. The van der Waals surface area contributed by atoms with Crippen molar-refractivity contribution in [1.29, 1.82) is 0 Å². The Morgan fingerprint density at radius 1 is 1.00 bits per heavy atom. The zero-order chi connectivity index (χ0) is 18.9. The van der Waals surface area contributed by atoms with Gasteiger partial charge in [-0.2, -0.15) is 0 Å². The number of amides is 1. The van der Waals surface area contributed by atoms with Gasteiger partial charge in [0.1, 0.15) is 5.54 Å². The molecule has 0 aliphatic rings. The van der Waals surface area contributed by atoms with Gasteiger partial charge in [0.25, 0.3) is 0 Å². The summed E-state index contributed by atoms with van der Waals surface area (Å²) in [6.45, 7) is 7.62. The standard InChI is InChI=1S/C21H24N4O/c1-15-11-9-10-14-18(15)19-22-23-20(24(19)5)21(3,4)25(16(2)26)17-12-7-6-8-13-17/h6-14H,1-5H3. The van der Waals surface area contributed by atoms with Gasteiger partial charge in [-0.1, -0.05) is 42.5 Å². The van der Waals surface area contributed by atoms with E-state index in [2.05, 4.69) is 23.2 Å². The third-order valence-corrected chi connectivity index (χ3v) is 4.70. The molecule has 0 spiro atoms. The van der Waals surface area contributed by atoms with Crippen molar-refractivity contribution >= 4 is 11.6 Å². The lowest BCUT2D eigenvalue weighted by atomic mass is 9.99. The van der Waals surface area contributed by atoms with Crippen molar-refractivity contribution in [3.63, 3.8) is 0 Å². The van der Waals surface area contributed by atoms with Crippen LogP contribution >= 0.6 is 0 Å². The van der Waals surface area contributed by atoms with Gasteiger partial charge in [-0.3, -0.25) is 9.69 Å². The molecule has 0 saturated heterocycles. The van der Waals surface area contributed by atoms with Crippen molar-refractivity contribution < 1.29 is 4.79 Å². The number of nitrogens with zero attached hydrogens (tertiary/aromatic N) is 4. The van der Waals surface area contributed by atoms with E-state index in [0.717, 1.165) is 28.5 Å². The van der Waals surface area contributed by atoms with Gasteiger partial charge in [0.2, 0.25) is 5.91 Å². The molecule has 0 fully saturated rings. The molecule has 134 valence electrons. The highest BCUT2D eigenvalue weighted by Gasteiger charge is 2.37. The Kier molecular flexibility index (Phi) is 4.64. The lowest BCUT2D eigenvalue weighted by Gasteiger charge is -2.37. The number of aromatic nitrogens is 3. The summed E-state index contributed by atoms with van der Waals surface area (Å²) in [5.41, 5.74) is 2.36. The minimum absolute atomic E-state index is 0.0401. The molecule has 5 heteroatoms. The Balaban J connectivity index is 2.10. The van der Waals surface area contributed by atoms with Crippen LogP contribution in [0.15, 0.2) is 54.6 Å². The minimum Gasteiger partial charge on any atom is -0.312 e. The summed E-state index contributed by atoms with van der Waals surface area (Å²) in [6.07, 6.45) is 0. The summed E-state index contributed by atoms with van der Waals surface area (Å²) in [7, 11) is 1.95. The molecule has 5 nitrogen and oxygen atoms in total. The fourth-order valence-electron chi connectivity index (χ4n) is 3.50. The maximum Gasteiger partial charge on any atom is 0.224 e. The highest BCUT2D eigenvalue weighted by Crippen LogP contribution is 2.33. The molecule has 0 radical (unpaired) electrons. The Morgan fingerprint density at radius 2 is 1.62 bits per heavy atom.